The van der Waals surface area contributed by atoms with E-state index in [9.17, 15) is 0 Å². The summed E-state index contributed by atoms with van der Waals surface area (Å²) in [5.74, 6) is 1.41. The van der Waals surface area contributed by atoms with Gasteiger partial charge >= 0.3 is 0 Å². The Morgan fingerprint density at radius 2 is 1.85 bits per heavy atom. The van der Waals surface area contributed by atoms with E-state index in [1.54, 1.807) is 12.2 Å². The summed E-state index contributed by atoms with van der Waals surface area (Å²) >= 11 is 0. The Labute approximate surface area is 79.0 Å². The molecule has 0 bridgehead atoms. The van der Waals surface area contributed by atoms with Gasteiger partial charge in [-0.2, -0.15) is 0 Å². The second kappa shape index (κ2) is 3.21. The molecule has 0 fully saturated rings. The Morgan fingerprint density at radius 3 is 2.15 bits per heavy atom. The summed E-state index contributed by atoms with van der Waals surface area (Å²) in [6.07, 6.45) is 3.33. The van der Waals surface area contributed by atoms with Crippen LogP contribution < -0.4 is 0 Å². The van der Waals surface area contributed by atoms with Crippen molar-refractivity contribution in [3.05, 3.63) is 30.5 Å². The number of oxazole rings is 1. The van der Waals surface area contributed by atoms with E-state index in [1.165, 1.54) is 0 Å². The van der Waals surface area contributed by atoms with E-state index in [2.05, 4.69) is 38.9 Å². The van der Waals surface area contributed by atoms with Gasteiger partial charge in [-0.15, -0.1) is 0 Å². The lowest BCUT2D eigenvalue weighted by molar-refractivity contribution is 0.389. The summed E-state index contributed by atoms with van der Waals surface area (Å²) in [5, 5.41) is 0. The molecule has 70 valence electrons. The van der Waals surface area contributed by atoms with Crippen LogP contribution in [0.4, 0.5) is 0 Å². The maximum absolute atomic E-state index is 5.52. The van der Waals surface area contributed by atoms with E-state index in [0.717, 1.165) is 11.6 Å². The maximum Gasteiger partial charge on any atom is 0.200 e. The van der Waals surface area contributed by atoms with E-state index in [1.807, 2.05) is 0 Å². The van der Waals surface area contributed by atoms with Crippen LogP contribution in [0.5, 0.6) is 0 Å². The largest absolute Gasteiger partial charge is 0.440 e. The van der Waals surface area contributed by atoms with Crippen molar-refractivity contribution >= 4 is 12.2 Å². The van der Waals surface area contributed by atoms with Crippen LogP contribution in [0.15, 0.2) is 17.6 Å². The molecule has 0 aliphatic rings. The molecule has 0 aromatic carbocycles. The molecule has 0 aliphatic carbocycles. The Kier molecular flexibility index (Phi) is 2.41. The Balaban J connectivity index is 3.21. The average Bonchev–Trinajstić information content (AvgIpc) is 2.45. The Morgan fingerprint density at radius 1 is 1.23 bits per heavy atom. The first kappa shape index (κ1) is 9.78. The normalized spacial score (nSPS) is 11.3. The zero-order valence-corrected chi connectivity index (χ0v) is 8.42. The first-order chi connectivity index (χ1) is 5.99. The summed E-state index contributed by atoms with van der Waals surface area (Å²) in [4.78, 5) is 4.31. The maximum atomic E-state index is 5.52. The molecule has 0 unspecified atom stereocenters. The number of aromatic nitrogens is 1. The standard InChI is InChI=1S/C11H15NO/c1-6-8-9(7-2)13-10(12-8)11(3,4)5/h6-7H,1-2H2,3-5H3. The zero-order chi connectivity index (χ0) is 10.1. The fourth-order valence-corrected chi connectivity index (χ4v) is 0.957. The molecule has 13 heavy (non-hydrogen) atoms. The highest BCUT2D eigenvalue weighted by Gasteiger charge is 2.21. The number of nitrogens with zero attached hydrogens (tertiary/aromatic N) is 1. The summed E-state index contributed by atoms with van der Waals surface area (Å²) in [5.41, 5.74) is 0.693. The highest BCUT2D eigenvalue weighted by molar-refractivity contribution is 5.56. The van der Waals surface area contributed by atoms with Crippen molar-refractivity contribution in [3.8, 4) is 0 Å². The van der Waals surface area contributed by atoms with Gasteiger partial charge in [0.15, 0.2) is 5.76 Å². The summed E-state index contributed by atoms with van der Waals surface area (Å²) in [6, 6.07) is 0. The summed E-state index contributed by atoms with van der Waals surface area (Å²) < 4.78 is 5.52. The van der Waals surface area contributed by atoms with Crippen molar-refractivity contribution in [1.82, 2.24) is 4.98 Å². The molecular weight excluding hydrogens is 162 g/mol. The van der Waals surface area contributed by atoms with Crippen LogP contribution in [0.2, 0.25) is 0 Å². The lowest BCUT2D eigenvalue weighted by Crippen LogP contribution is -2.11. The van der Waals surface area contributed by atoms with E-state index in [4.69, 9.17) is 4.42 Å². The second-order valence-electron chi connectivity index (χ2n) is 3.93. The van der Waals surface area contributed by atoms with Crippen LogP contribution >= 0.6 is 0 Å². The van der Waals surface area contributed by atoms with Crippen molar-refractivity contribution < 1.29 is 4.42 Å². The van der Waals surface area contributed by atoms with E-state index in [-0.39, 0.29) is 5.41 Å². The fourth-order valence-electron chi connectivity index (χ4n) is 0.957. The SMILES string of the molecule is C=Cc1nc(C(C)(C)C)oc1C=C. The third kappa shape index (κ3) is 1.89. The first-order valence-electron chi connectivity index (χ1n) is 4.25. The minimum Gasteiger partial charge on any atom is -0.440 e. The third-order valence-electron chi connectivity index (χ3n) is 1.70. The molecular formula is C11H15NO. The quantitative estimate of drug-likeness (QED) is 0.693. The third-order valence-corrected chi connectivity index (χ3v) is 1.70. The van der Waals surface area contributed by atoms with Gasteiger partial charge in [0, 0.05) is 5.41 Å². The van der Waals surface area contributed by atoms with Crippen LogP contribution in [-0.4, -0.2) is 4.98 Å². The lowest BCUT2D eigenvalue weighted by atomic mass is 9.97. The van der Waals surface area contributed by atoms with Crippen molar-refractivity contribution in [2.75, 3.05) is 0 Å². The molecule has 0 aliphatic heterocycles. The molecule has 0 radical (unpaired) electrons. The molecule has 0 saturated heterocycles. The zero-order valence-electron chi connectivity index (χ0n) is 8.42. The van der Waals surface area contributed by atoms with Gasteiger partial charge in [-0.1, -0.05) is 33.9 Å². The average molecular weight is 177 g/mol. The monoisotopic (exact) mass is 177 g/mol. The van der Waals surface area contributed by atoms with Crippen LogP contribution in [0.25, 0.3) is 12.2 Å². The second-order valence-corrected chi connectivity index (χ2v) is 3.93. The van der Waals surface area contributed by atoms with Crippen LogP contribution in [0, 0.1) is 0 Å². The van der Waals surface area contributed by atoms with Gasteiger partial charge in [0.1, 0.15) is 5.69 Å². The molecule has 0 amide bonds. The molecule has 1 aromatic rings. The fraction of sp³-hybridized carbons (Fsp3) is 0.364. The Bertz CT molecular complexity index is 303. The van der Waals surface area contributed by atoms with Gasteiger partial charge in [-0.25, -0.2) is 4.98 Å². The molecule has 1 heterocycles. The van der Waals surface area contributed by atoms with Gasteiger partial charge in [-0.3, -0.25) is 0 Å². The van der Waals surface area contributed by atoms with Gasteiger partial charge in [0.2, 0.25) is 5.89 Å². The number of hydrogen-bond donors (Lipinski definition) is 0. The first-order valence-corrected chi connectivity index (χ1v) is 4.25. The minimum absolute atomic E-state index is 0.0704. The number of rotatable bonds is 2. The highest BCUT2D eigenvalue weighted by atomic mass is 16.4. The summed E-state index contributed by atoms with van der Waals surface area (Å²) in [7, 11) is 0. The van der Waals surface area contributed by atoms with Gasteiger partial charge < -0.3 is 4.42 Å². The van der Waals surface area contributed by atoms with Gasteiger partial charge in [0.05, 0.1) is 0 Å². The van der Waals surface area contributed by atoms with Crippen LogP contribution in [0.1, 0.15) is 38.1 Å². The van der Waals surface area contributed by atoms with Gasteiger partial charge in [-0.05, 0) is 12.2 Å². The molecule has 2 heteroatoms. The summed E-state index contributed by atoms with van der Waals surface area (Å²) in [6.45, 7) is 13.5. The predicted octanol–water partition coefficient (Wildman–Crippen LogP) is 3.26. The van der Waals surface area contributed by atoms with Crippen molar-refractivity contribution in [2.24, 2.45) is 0 Å². The lowest BCUT2D eigenvalue weighted by Gasteiger charge is -2.11. The van der Waals surface area contributed by atoms with Gasteiger partial charge in [0.25, 0.3) is 0 Å². The highest BCUT2D eigenvalue weighted by Crippen LogP contribution is 2.24. The van der Waals surface area contributed by atoms with Crippen molar-refractivity contribution in [1.29, 1.82) is 0 Å². The van der Waals surface area contributed by atoms with E-state index >= 15 is 0 Å². The van der Waals surface area contributed by atoms with Crippen molar-refractivity contribution in [2.45, 2.75) is 26.2 Å². The van der Waals surface area contributed by atoms with Crippen LogP contribution in [0.3, 0.4) is 0 Å². The van der Waals surface area contributed by atoms with E-state index in [0.29, 0.717) is 5.76 Å². The number of hydrogen-bond acceptors (Lipinski definition) is 2. The molecule has 0 spiro atoms. The molecule has 1 rings (SSSR count). The smallest absolute Gasteiger partial charge is 0.200 e. The molecule has 1 aromatic heterocycles. The minimum atomic E-state index is -0.0704. The molecule has 2 nitrogen and oxygen atoms in total. The van der Waals surface area contributed by atoms with E-state index < -0.39 is 0 Å². The Hall–Kier alpha value is -1.31. The van der Waals surface area contributed by atoms with Crippen molar-refractivity contribution in [3.63, 3.8) is 0 Å². The molecule has 0 atom stereocenters. The molecule has 0 saturated carbocycles. The van der Waals surface area contributed by atoms with Crippen LogP contribution in [-0.2, 0) is 5.41 Å². The molecule has 0 N–H and O–H groups in total. The predicted molar refractivity (Wildman–Crippen MR) is 55.4 cm³/mol. The topological polar surface area (TPSA) is 26.0 Å².